The first-order valence-electron chi connectivity index (χ1n) is 11.2. The molecule has 2 rings (SSSR count). The summed E-state index contributed by atoms with van der Waals surface area (Å²) in [5.74, 6) is -0.159. The monoisotopic (exact) mass is 489 g/mol. The van der Waals surface area contributed by atoms with Gasteiger partial charge in [0.05, 0.1) is 19.1 Å². The lowest BCUT2D eigenvalue weighted by atomic mass is 10.1. The molecule has 8 nitrogen and oxygen atoms in total. The first kappa shape index (κ1) is 27.2. The predicted octanol–water partition coefficient (Wildman–Crippen LogP) is 3.10. The summed E-state index contributed by atoms with van der Waals surface area (Å²) in [6.45, 7) is 7.04. The van der Waals surface area contributed by atoms with Gasteiger partial charge in [-0.15, -0.1) is 0 Å². The summed E-state index contributed by atoms with van der Waals surface area (Å²) >= 11 is 0. The molecule has 34 heavy (non-hydrogen) atoms. The zero-order valence-electron chi connectivity index (χ0n) is 20.7. The van der Waals surface area contributed by atoms with Gasteiger partial charge in [-0.1, -0.05) is 31.2 Å². The molecule has 9 heteroatoms. The number of aryl methyl sites for hydroxylation is 1. The summed E-state index contributed by atoms with van der Waals surface area (Å²) < 4.78 is 31.5. The normalized spacial score (nSPS) is 13.0. The van der Waals surface area contributed by atoms with E-state index >= 15 is 0 Å². The van der Waals surface area contributed by atoms with Crippen LogP contribution in [0.25, 0.3) is 0 Å². The third kappa shape index (κ3) is 7.48. The van der Waals surface area contributed by atoms with Gasteiger partial charge in [0, 0.05) is 12.6 Å². The molecule has 2 aromatic rings. The van der Waals surface area contributed by atoms with Crippen LogP contribution in [0.15, 0.2) is 48.5 Å². The summed E-state index contributed by atoms with van der Waals surface area (Å²) in [7, 11) is -2.20. The Morgan fingerprint density at radius 2 is 1.76 bits per heavy atom. The highest BCUT2D eigenvalue weighted by atomic mass is 32.2. The second-order valence-electron chi connectivity index (χ2n) is 8.48. The molecule has 0 saturated heterocycles. The molecule has 0 unspecified atom stereocenters. The molecule has 0 fully saturated rings. The number of nitrogens with zero attached hydrogens (tertiary/aromatic N) is 2. The Labute approximate surface area is 202 Å². The van der Waals surface area contributed by atoms with Gasteiger partial charge in [-0.3, -0.25) is 13.9 Å². The predicted molar refractivity (Wildman–Crippen MR) is 134 cm³/mol. The number of hydrogen-bond acceptors (Lipinski definition) is 5. The van der Waals surface area contributed by atoms with Gasteiger partial charge in [0.15, 0.2) is 0 Å². The van der Waals surface area contributed by atoms with E-state index in [1.165, 1.54) is 4.90 Å². The zero-order chi connectivity index (χ0) is 25.5. The maximum atomic E-state index is 13.5. The smallest absolute Gasteiger partial charge is 0.244 e. The summed E-state index contributed by atoms with van der Waals surface area (Å²) in [6, 6.07) is 13.3. The maximum Gasteiger partial charge on any atom is 0.244 e. The average Bonchev–Trinajstić information content (AvgIpc) is 2.79. The van der Waals surface area contributed by atoms with Gasteiger partial charge >= 0.3 is 0 Å². The van der Waals surface area contributed by atoms with Crippen molar-refractivity contribution >= 4 is 27.5 Å². The molecule has 2 aromatic carbocycles. The van der Waals surface area contributed by atoms with Crippen LogP contribution in [0.1, 0.15) is 38.3 Å². The van der Waals surface area contributed by atoms with Crippen molar-refractivity contribution in [1.82, 2.24) is 10.2 Å². The van der Waals surface area contributed by atoms with Crippen molar-refractivity contribution in [3.8, 4) is 5.75 Å². The number of carbonyl (C=O) groups excluding carboxylic acids is 2. The third-order valence-electron chi connectivity index (χ3n) is 5.62. The minimum absolute atomic E-state index is 0.0523. The molecule has 2 amide bonds. The van der Waals surface area contributed by atoms with Crippen molar-refractivity contribution in [2.24, 2.45) is 0 Å². The molecular weight excluding hydrogens is 454 g/mol. The van der Waals surface area contributed by atoms with Gasteiger partial charge in [0.2, 0.25) is 21.8 Å². The second kappa shape index (κ2) is 11.9. The van der Waals surface area contributed by atoms with E-state index in [2.05, 4.69) is 5.32 Å². The van der Waals surface area contributed by atoms with Gasteiger partial charge < -0.3 is 15.0 Å². The van der Waals surface area contributed by atoms with E-state index in [1.54, 1.807) is 50.4 Å². The highest BCUT2D eigenvalue weighted by molar-refractivity contribution is 7.92. The molecule has 0 aliphatic rings. The Hall–Kier alpha value is -3.07. The van der Waals surface area contributed by atoms with E-state index in [-0.39, 0.29) is 18.5 Å². The second-order valence-corrected chi connectivity index (χ2v) is 10.4. The lowest BCUT2D eigenvalue weighted by Gasteiger charge is -2.32. The van der Waals surface area contributed by atoms with Gasteiger partial charge in [-0.25, -0.2) is 8.42 Å². The number of benzene rings is 2. The summed E-state index contributed by atoms with van der Waals surface area (Å²) in [4.78, 5) is 27.8. The molecule has 0 saturated carbocycles. The van der Waals surface area contributed by atoms with E-state index in [0.29, 0.717) is 11.4 Å². The molecule has 0 bridgehead atoms. The van der Waals surface area contributed by atoms with Gasteiger partial charge in [-0.05, 0) is 62.6 Å². The zero-order valence-corrected chi connectivity index (χ0v) is 21.6. The average molecular weight is 490 g/mol. The van der Waals surface area contributed by atoms with Crippen molar-refractivity contribution in [1.29, 1.82) is 0 Å². The fraction of sp³-hybridized carbons (Fsp3) is 0.440. The summed E-state index contributed by atoms with van der Waals surface area (Å²) in [5, 5.41) is 2.91. The van der Waals surface area contributed by atoms with Crippen LogP contribution < -0.4 is 14.4 Å². The van der Waals surface area contributed by atoms with Crippen LogP contribution in [0.5, 0.6) is 5.75 Å². The Bertz CT molecular complexity index is 1100. The van der Waals surface area contributed by atoms with Crippen LogP contribution in [-0.2, 0) is 26.2 Å². The molecular formula is C25H35N3O5S. The molecule has 2 atom stereocenters. The van der Waals surface area contributed by atoms with Crippen molar-refractivity contribution in [3.05, 3.63) is 59.7 Å². The number of hydrogen-bond donors (Lipinski definition) is 1. The minimum atomic E-state index is -3.75. The molecule has 0 heterocycles. The number of rotatable bonds is 11. The number of anilines is 1. The summed E-state index contributed by atoms with van der Waals surface area (Å²) in [5.41, 5.74) is 2.03. The summed E-state index contributed by atoms with van der Waals surface area (Å²) in [6.07, 6.45) is 1.81. The molecule has 186 valence electrons. The third-order valence-corrected chi connectivity index (χ3v) is 6.76. The fourth-order valence-electron chi connectivity index (χ4n) is 3.41. The van der Waals surface area contributed by atoms with Gasteiger partial charge in [0.25, 0.3) is 0 Å². The van der Waals surface area contributed by atoms with Crippen LogP contribution in [-0.4, -0.2) is 57.1 Å². The number of amides is 2. The molecule has 0 aliphatic carbocycles. The molecule has 1 N–H and O–H groups in total. The first-order chi connectivity index (χ1) is 16.0. The van der Waals surface area contributed by atoms with Crippen LogP contribution in [0.4, 0.5) is 5.69 Å². The largest absolute Gasteiger partial charge is 0.497 e. The van der Waals surface area contributed by atoms with Crippen LogP contribution in [0, 0.1) is 6.92 Å². The first-order valence-corrected chi connectivity index (χ1v) is 13.1. The maximum absolute atomic E-state index is 13.5. The van der Waals surface area contributed by atoms with Crippen LogP contribution in [0.2, 0.25) is 0 Å². The number of ether oxygens (including phenoxy) is 1. The van der Waals surface area contributed by atoms with Crippen LogP contribution >= 0.6 is 0 Å². The van der Waals surface area contributed by atoms with Crippen molar-refractivity contribution in [3.63, 3.8) is 0 Å². The molecule has 0 spiro atoms. The SMILES string of the molecule is CC[C@@H](C)NC(=O)[C@H](C)N(Cc1cccc(OC)c1)C(=O)CN(c1cccc(C)c1)S(C)(=O)=O. The van der Waals surface area contributed by atoms with E-state index in [0.717, 1.165) is 28.1 Å². The number of sulfonamides is 1. The van der Waals surface area contributed by atoms with E-state index in [4.69, 9.17) is 4.74 Å². The van der Waals surface area contributed by atoms with Crippen molar-refractivity contribution < 1.29 is 22.7 Å². The Morgan fingerprint density at radius 3 is 2.35 bits per heavy atom. The molecule has 0 aliphatic heterocycles. The highest BCUT2D eigenvalue weighted by Gasteiger charge is 2.30. The van der Waals surface area contributed by atoms with E-state index in [1.807, 2.05) is 32.9 Å². The highest BCUT2D eigenvalue weighted by Crippen LogP contribution is 2.21. The fourth-order valence-corrected chi connectivity index (χ4v) is 4.25. The van der Waals surface area contributed by atoms with Crippen molar-refractivity contribution in [2.75, 3.05) is 24.2 Å². The Balaban J connectivity index is 2.40. The quantitative estimate of drug-likeness (QED) is 0.523. The van der Waals surface area contributed by atoms with Crippen LogP contribution in [0.3, 0.4) is 0 Å². The van der Waals surface area contributed by atoms with Gasteiger partial charge in [0.1, 0.15) is 18.3 Å². The van der Waals surface area contributed by atoms with E-state index in [9.17, 15) is 18.0 Å². The standard InChI is InChI=1S/C25H35N3O5S/c1-7-19(3)26-25(30)20(4)27(16-21-11-9-13-23(15-21)33-5)24(29)17-28(34(6,31)32)22-12-8-10-18(2)14-22/h8-15,19-20H,7,16-17H2,1-6H3,(H,26,30)/t19-,20+/m1/s1. The number of methoxy groups -OCH3 is 1. The van der Waals surface area contributed by atoms with E-state index < -0.39 is 28.5 Å². The lowest BCUT2D eigenvalue weighted by molar-refractivity contribution is -0.139. The molecule has 0 radical (unpaired) electrons. The Morgan fingerprint density at radius 1 is 1.09 bits per heavy atom. The Kier molecular flexibility index (Phi) is 9.49. The molecule has 0 aromatic heterocycles. The number of nitrogens with one attached hydrogen (secondary N) is 1. The van der Waals surface area contributed by atoms with Crippen molar-refractivity contribution in [2.45, 2.75) is 52.7 Å². The lowest BCUT2D eigenvalue weighted by Crippen LogP contribution is -2.52. The van der Waals surface area contributed by atoms with Gasteiger partial charge in [-0.2, -0.15) is 0 Å². The minimum Gasteiger partial charge on any atom is -0.497 e. The topological polar surface area (TPSA) is 96.0 Å². The number of carbonyl (C=O) groups is 2.